The van der Waals surface area contributed by atoms with Crippen molar-refractivity contribution < 1.29 is 8.42 Å². The molecule has 2 rings (SSSR count). The molecule has 0 radical (unpaired) electrons. The van der Waals surface area contributed by atoms with E-state index in [0.717, 1.165) is 25.9 Å². The van der Waals surface area contributed by atoms with E-state index in [4.69, 9.17) is 17.3 Å². The summed E-state index contributed by atoms with van der Waals surface area (Å²) in [6.45, 7) is 3.55. The van der Waals surface area contributed by atoms with Crippen LogP contribution in [-0.4, -0.2) is 39.5 Å². The minimum Gasteiger partial charge on any atom is -0.398 e. The maximum atomic E-state index is 12.4. The SMILES string of the molecule is Cc1c(N)cc(S(=O)(=O)NC2CCN(C)CC2)cc1Cl. The number of anilines is 1. The number of sulfonamides is 1. The van der Waals surface area contributed by atoms with Crippen molar-refractivity contribution in [2.24, 2.45) is 0 Å². The molecule has 1 saturated heterocycles. The van der Waals surface area contributed by atoms with Gasteiger partial charge in [0, 0.05) is 16.8 Å². The van der Waals surface area contributed by atoms with E-state index in [0.29, 0.717) is 16.3 Å². The Hall–Kier alpha value is -0.820. The van der Waals surface area contributed by atoms with Gasteiger partial charge in [-0.1, -0.05) is 11.6 Å². The molecule has 0 unspecified atom stereocenters. The number of nitrogens with two attached hydrogens (primary N) is 1. The van der Waals surface area contributed by atoms with Gasteiger partial charge in [-0.15, -0.1) is 0 Å². The number of nitrogen functional groups attached to an aromatic ring is 1. The fourth-order valence-electron chi connectivity index (χ4n) is 2.24. The third-order valence-corrected chi connectivity index (χ3v) is 5.60. The molecule has 1 aliphatic rings. The van der Waals surface area contributed by atoms with Gasteiger partial charge in [-0.25, -0.2) is 13.1 Å². The summed E-state index contributed by atoms with van der Waals surface area (Å²) in [4.78, 5) is 2.32. The summed E-state index contributed by atoms with van der Waals surface area (Å²) in [5, 5.41) is 0.369. The number of nitrogens with one attached hydrogen (secondary N) is 1. The van der Waals surface area contributed by atoms with Crippen LogP contribution in [-0.2, 0) is 10.0 Å². The molecule has 1 aromatic carbocycles. The fraction of sp³-hybridized carbons (Fsp3) is 0.538. The molecule has 0 bridgehead atoms. The van der Waals surface area contributed by atoms with E-state index in [1.54, 1.807) is 6.92 Å². The third-order valence-electron chi connectivity index (χ3n) is 3.71. The van der Waals surface area contributed by atoms with E-state index in [1.807, 2.05) is 7.05 Å². The molecule has 0 atom stereocenters. The first-order valence-electron chi connectivity index (χ1n) is 6.56. The standard InChI is InChI=1S/C13H20ClN3O2S/c1-9-12(14)7-11(8-13(9)15)20(18,19)16-10-3-5-17(2)6-4-10/h7-8,10,16H,3-6,15H2,1-2H3. The molecule has 1 heterocycles. The van der Waals surface area contributed by atoms with Crippen molar-refractivity contribution in [1.82, 2.24) is 9.62 Å². The summed E-state index contributed by atoms with van der Waals surface area (Å²) in [5.74, 6) is 0. The molecule has 1 fully saturated rings. The monoisotopic (exact) mass is 317 g/mol. The van der Waals surface area contributed by atoms with Crippen LogP contribution in [0.2, 0.25) is 5.02 Å². The Balaban J connectivity index is 2.18. The molecule has 7 heteroatoms. The van der Waals surface area contributed by atoms with Crippen molar-refractivity contribution in [3.63, 3.8) is 0 Å². The van der Waals surface area contributed by atoms with E-state index in [9.17, 15) is 8.42 Å². The lowest BCUT2D eigenvalue weighted by molar-refractivity contribution is 0.248. The summed E-state index contributed by atoms with van der Waals surface area (Å²) < 4.78 is 27.5. The number of hydrogen-bond acceptors (Lipinski definition) is 4. The van der Waals surface area contributed by atoms with Crippen LogP contribution in [0.1, 0.15) is 18.4 Å². The van der Waals surface area contributed by atoms with Gasteiger partial charge in [0.1, 0.15) is 0 Å². The highest BCUT2D eigenvalue weighted by atomic mass is 35.5. The van der Waals surface area contributed by atoms with Crippen molar-refractivity contribution in [1.29, 1.82) is 0 Å². The Kier molecular flexibility index (Phi) is 4.59. The Morgan fingerprint density at radius 2 is 1.95 bits per heavy atom. The first-order valence-corrected chi connectivity index (χ1v) is 8.42. The smallest absolute Gasteiger partial charge is 0.240 e. The first kappa shape index (κ1) is 15.6. The van der Waals surface area contributed by atoms with E-state index in [-0.39, 0.29) is 10.9 Å². The average molecular weight is 318 g/mol. The highest BCUT2D eigenvalue weighted by molar-refractivity contribution is 7.89. The zero-order chi connectivity index (χ0) is 14.9. The summed E-state index contributed by atoms with van der Waals surface area (Å²) >= 11 is 6.01. The lowest BCUT2D eigenvalue weighted by Crippen LogP contribution is -2.43. The van der Waals surface area contributed by atoms with Crippen molar-refractivity contribution in [2.75, 3.05) is 25.9 Å². The number of halogens is 1. The molecule has 112 valence electrons. The molecule has 0 spiro atoms. The van der Waals surface area contributed by atoms with Crippen LogP contribution in [0.4, 0.5) is 5.69 Å². The molecule has 0 amide bonds. The van der Waals surface area contributed by atoms with Crippen LogP contribution in [0.25, 0.3) is 0 Å². The number of piperidine rings is 1. The highest BCUT2D eigenvalue weighted by Crippen LogP contribution is 2.26. The molecule has 0 saturated carbocycles. The van der Waals surface area contributed by atoms with Gasteiger partial charge < -0.3 is 10.6 Å². The molecule has 5 nitrogen and oxygen atoms in total. The van der Waals surface area contributed by atoms with Crippen LogP contribution in [0.3, 0.4) is 0 Å². The van der Waals surface area contributed by atoms with Crippen LogP contribution in [0.5, 0.6) is 0 Å². The summed E-state index contributed by atoms with van der Waals surface area (Å²) in [6.07, 6.45) is 1.62. The van der Waals surface area contributed by atoms with Gasteiger partial charge in [-0.05, 0) is 57.6 Å². The largest absolute Gasteiger partial charge is 0.398 e. The predicted octanol–water partition coefficient (Wildman–Crippen LogP) is 1.60. The molecule has 1 aromatic rings. The Morgan fingerprint density at radius 3 is 2.50 bits per heavy atom. The lowest BCUT2D eigenvalue weighted by Gasteiger charge is -2.29. The third kappa shape index (κ3) is 3.44. The van der Waals surface area contributed by atoms with E-state index >= 15 is 0 Å². The zero-order valence-corrected chi connectivity index (χ0v) is 13.3. The Morgan fingerprint density at radius 1 is 1.35 bits per heavy atom. The summed E-state index contributed by atoms with van der Waals surface area (Å²) in [6, 6.07) is 2.88. The maximum absolute atomic E-state index is 12.4. The van der Waals surface area contributed by atoms with Crippen LogP contribution in [0, 0.1) is 6.92 Å². The van der Waals surface area contributed by atoms with Crippen LogP contribution < -0.4 is 10.5 Å². The molecule has 1 aliphatic heterocycles. The number of nitrogens with zero attached hydrogens (tertiary/aromatic N) is 1. The van der Waals surface area contributed by atoms with E-state index < -0.39 is 10.0 Å². The second-order valence-corrected chi connectivity index (χ2v) is 7.44. The number of benzene rings is 1. The zero-order valence-electron chi connectivity index (χ0n) is 11.7. The Bertz CT molecular complexity index is 573. The minimum absolute atomic E-state index is 0.0301. The van der Waals surface area contributed by atoms with Crippen LogP contribution in [0.15, 0.2) is 17.0 Å². The molecule has 20 heavy (non-hydrogen) atoms. The topological polar surface area (TPSA) is 75.4 Å². The van der Waals surface area contributed by atoms with Crippen LogP contribution >= 0.6 is 11.6 Å². The van der Waals surface area contributed by atoms with Gasteiger partial charge >= 0.3 is 0 Å². The average Bonchev–Trinajstić information content (AvgIpc) is 2.38. The lowest BCUT2D eigenvalue weighted by atomic mass is 10.1. The first-order chi connectivity index (χ1) is 9.29. The van der Waals surface area contributed by atoms with Crippen molar-refractivity contribution in [3.8, 4) is 0 Å². The van der Waals surface area contributed by atoms with Crippen molar-refractivity contribution in [2.45, 2.75) is 30.7 Å². The van der Waals surface area contributed by atoms with Crippen molar-refractivity contribution in [3.05, 3.63) is 22.7 Å². The summed E-state index contributed by atoms with van der Waals surface area (Å²) in [5.41, 5.74) is 6.88. The highest BCUT2D eigenvalue weighted by Gasteiger charge is 2.24. The molecule has 0 aliphatic carbocycles. The van der Waals surface area contributed by atoms with Gasteiger partial charge in [-0.2, -0.15) is 0 Å². The van der Waals surface area contributed by atoms with Gasteiger partial charge in [0.25, 0.3) is 0 Å². The Labute approximate surface area is 125 Å². The molecule has 3 N–H and O–H groups in total. The van der Waals surface area contributed by atoms with E-state index in [2.05, 4.69) is 9.62 Å². The van der Waals surface area contributed by atoms with Gasteiger partial charge in [0.05, 0.1) is 4.90 Å². The second-order valence-electron chi connectivity index (χ2n) is 5.32. The summed E-state index contributed by atoms with van der Waals surface area (Å²) in [7, 11) is -1.54. The molecular formula is C13H20ClN3O2S. The predicted molar refractivity (Wildman–Crippen MR) is 81.4 cm³/mol. The number of likely N-dealkylation sites (tertiary alicyclic amines) is 1. The molecule has 0 aromatic heterocycles. The van der Waals surface area contributed by atoms with Crippen molar-refractivity contribution >= 4 is 27.3 Å². The number of rotatable bonds is 3. The fourth-order valence-corrected chi connectivity index (χ4v) is 3.90. The van der Waals surface area contributed by atoms with E-state index in [1.165, 1.54) is 12.1 Å². The minimum atomic E-state index is -3.57. The second kappa shape index (κ2) is 5.89. The van der Waals surface area contributed by atoms with Gasteiger partial charge in [0.2, 0.25) is 10.0 Å². The maximum Gasteiger partial charge on any atom is 0.240 e. The van der Waals surface area contributed by atoms with Gasteiger partial charge in [-0.3, -0.25) is 0 Å². The molecular weight excluding hydrogens is 298 g/mol. The number of hydrogen-bond donors (Lipinski definition) is 2. The normalized spacial score (nSPS) is 18.4. The quantitative estimate of drug-likeness (QED) is 0.830. The van der Waals surface area contributed by atoms with Gasteiger partial charge in [0.15, 0.2) is 0 Å².